The first-order valence-electron chi connectivity index (χ1n) is 11.3. The number of hydrogen-bond donors (Lipinski definition) is 1. The Morgan fingerprint density at radius 3 is 2.33 bits per heavy atom. The summed E-state index contributed by atoms with van der Waals surface area (Å²) in [5.74, 6) is -1.31. The molecule has 0 saturated carbocycles. The molecule has 0 spiro atoms. The van der Waals surface area contributed by atoms with Gasteiger partial charge in [-0.05, 0) is 49.8 Å². The van der Waals surface area contributed by atoms with Crippen molar-refractivity contribution < 1.29 is 19.3 Å². The molecular weight excluding hydrogens is 482 g/mol. The minimum atomic E-state index is -0.676. The highest BCUT2D eigenvalue weighted by Gasteiger charge is 2.35. The molecule has 0 aliphatic carbocycles. The summed E-state index contributed by atoms with van der Waals surface area (Å²) in [4.78, 5) is 54.0. The first-order chi connectivity index (χ1) is 17.1. The van der Waals surface area contributed by atoms with Crippen molar-refractivity contribution in [2.75, 3.05) is 36.0 Å². The van der Waals surface area contributed by atoms with Gasteiger partial charge in [0.05, 0.1) is 10.6 Å². The predicted octanol–water partition coefficient (Wildman–Crippen LogP) is 2.71. The maximum absolute atomic E-state index is 13.5. The van der Waals surface area contributed by atoms with Crippen LogP contribution in [0.4, 0.5) is 17.1 Å². The summed E-state index contributed by atoms with van der Waals surface area (Å²) in [5, 5.41) is 14.0. The average molecular weight is 508 g/mol. The lowest BCUT2D eigenvalue weighted by Gasteiger charge is -2.36. The molecule has 36 heavy (non-hydrogen) atoms. The zero-order valence-electron chi connectivity index (χ0n) is 20.1. The third-order valence-corrected chi connectivity index (χ3v) is 6.57. The molecule has 11 heteroatoms. The number of benzene rings is 2. The number of nitrogens with one attached hydrogen (secondary N) is 1. The van der Waals surface area contributed by atoms with Crippen LogP contribution in [0, 0.1) is 24.0 Å². The summed E-state index contributed by atoms with van der Waals surface area (Å²) in [6.07, 6.45) is 1.37. The molecule has 3 amide bonds. The number of non-ortho nitro benzene ring substituents is 1. The number of nitro benzene ring substituents is 1. The van der Waals surface area contributed by atoms with Gasteiger partial charge in [-0.25, -0.2) is 0 Å². The van der Waals surface area contributed by atoms with E-state index in [1.54, 1.807) is 17.0 Å². The standard InChI is InChI=1S/C25H25N5O5S/c1-15-4-6-21(16(2)12-15)29-24(33)20(23(32)26-25(29)36)14-18-13-19(30(34)35)5-7-22(18)28-10-8-27(9-11-28)17(3)31/h4-7,12-14H,8-11H2,1-3H3,(H,26,32,36)/b20-14-. The molecule has 2 fully saturated rings. The first kappa shape index (κ1) is 25.0. The van der Waals surface area contributed by atoms with Crippen LogP contribution in [-0.2, 0) is 14.4 Å². The molecule has 0 aromatic heterocycles. The number of carbonyl (C=O) groups excluding carboxylic acids is 3. The van der Waals surface area contributed by atoms with Crippen LogP contribution in [0.5, 0.6) is 0 Å². The van der Waals surface area contributed by atoms with Crippen molar-refractivity contribution >= 4 is 58.2 Å². The van der Waals surface area contributed by atoms with Crippen LogP contribution in [0.15, 0.2) is 42.0 Å². The van der Waals surface area contributed by atoms with E-state index in [1.807, 2.05) is 30.9 Å². The van der Waals surface area contributed by atoms with Crippen LogP contribution in [0.3, 0.4) is 0 Å². The fourth-order valence-corrected chi connectivity index (χ4v) is 4.68. The Bertz CT molecular complexity index is 1330. The van der Waals surface area contributed by atoms with Crippen LogP contribution in [0.2, 0.25) is 0 Å². The van der Waals surface area contributed by atoms with Gasteiger partial charge in [-0.15, -0.1) is 0 Å². The number of nitro groups is 1. The van der Waals surface area contributed by atoms with E-state index < -0.39 is 16.7 Å². The van der Waals surface area contributed by atoms with Gasteiger partial charge in [-0.2, -0.15) is 0 Å². The molecule has 1 N–H and O–H groups in total. The quantitative estimate of drug-likeness (QED) is 0.222. The number of amides is 3. The SMILES string of the molecule is CC(=O)N1CCN(c2ccc([N+](=O)[O-])cc2/C=C2/C(=O)NC(=S)N(c3ccc(C)cc3C)C2=O)CC1. The molecule has 0 radical (unpaired) electrons. The molecule has 2 heterocycles. The topological polar surface area (TPSA) is 116 Å². The van der Waals surface area contributed by atoms with Crippen LogP contribution < -0.4 is 15.1 Å². The number of hydrogen-bond acceptors (Lipinski definition) is 7. The van der Waals surface area contributed by atoms with Gasteiger partial charge in [0.2, 0.25) is 5.91 Å². The lowest BCUT2D eigenvalue weighted by atomic mass is 10.0. The number of anilines is 2. The summed E-state index contributed by atoms with van der Waals surface area (Å²) in [5.41, 5.74) is 2.99. The van der Waals surface area contributed by atoms with Gasteiger partial charge in [-0.3, -0.25) is 34.7 Å². The fraction of sp³-hybridized carbons (Fsp3) is 0.280. The molecule has 10 nitrogen and oxygen atoms in total. The van der Waals surface area contributed by atoms with E-state index in [2.05, 4.69) is 5.32 Å². The zero-order valence-corrected chi connectivity index (χ0v) is 20.9. The number of rotatable bonds is 4. The lowest BCUT2D eigenvalue weighted by molar-refractivity contribution is -0.384. The number of thiocarbonyl (C=S) groups is 1. The third-order valence-electron chi connectivity index (χ3n) is 6.28. The van der Waals surface area contributed by atoms with E-state index in [4.69, 9.17) is 12.2 Å². The van der Waals surface area contributed by atoms with Crippen molar-refractivity contribution in [3.63, 3.8) is 0 Å². The highest BCUT2D eigenvalue weighted by atomic mass is 32.1. The molecular formula is C25H25N5O5S. The van der Waals surface area contributed by atoms with Gasteiger partial charge in [-0.1, -0.05) is 17.7 Å². The molecule has 0 bridgehead atoms. The Kier molecular flexibility index (Phi) is 6.84. The van der Waals surface area contributed by atoms with Crippen molar-refractivity contribution in [3.8, 4) is 0 Å². The summed E-state index contributed by atoms with van der Waals surface area (Å²) in [6.45, 7) is 7.29. The summed E-state index contributed by atoms with van der Waals surface area (Å²) in [6, 6.07) is 9.84. The first-order valence-corrected chi connectivity index (χ1v) is 11.7. The van der Waals surface area contributed by atoms with Crippen molar-refractivity contribution in [1.82, 2.24) is 10.2 Å². The van der Waals surface area contributed by atoms with Gasteiger partial charge in [0.15, 0.2) is 5.11 Å². The van der Waals surface area contributed by atoms with E-state index in [0.29, 0.717) is 43.1 Å². The number of carbonyl (C=O) groups is 3. The van der Waals surface area contributed by atoms with Crippen molar-refractivity contribution in [2.45, 2.75) is 20.8 Å². The Balaban J connectivity index is 1.76. The van der Waals surface area contributed by atoms with E-state index >= 15 is 0 Å². The Morgan fingerprint density at radius 1 is 1.06 bits per heavy atom. The smallest absolute Gasteiger partial charge is 0.270 e. The molecule has 2 aliphatic heterocycles. The normalized spacial score (nSPS) is 17.5. The van der Waals surface area contributed by atoms with Gasteiger partial charge in [0.1, 0.15) is 5.57 Å². The number of piperazine rings is 1. The van der Waals surface area contributed by atoms with E-state index in [1.165, 1.54) is 30.0 Å². The monoisotopic (exact) mass is 507 g/mol. The third kappa shape index (κ3) is 4.82. The van der Waals surface area contributed by atoms with E-state index in [9.17, 15) is 24.5 Å². The molecule has 0 atom stereocenters. The second-order valence-corrected chi connectivity index (χ2v) is 9.13. The largest absolute Gasteiger partial charge is 0.367 e. The summed E-state index contributed by atoms with van der Waals surface area (Å²) < 4.78 is 0. The van der Waals surface area contributed by atoms with E-state index in [0.717, 1.165) is 11.1 Å². The van der Waals surface area contributed by atoms with Crippen molar-refractivity contribution in [3.05, 3.63) is 68.8 Å². The van der Waals surface area contributed by atoms with Crippen LogP contribution >= 0.6 is 12.2 Å². The zero-order chi connectivity index (χ0) is 26.1. The number of aryl methyl sites for hydroxylation is 2. The minimum Gasteiger partial charge on any atom is -0.367 e. The number of nitrogens with zero attached hydrogens (tertiary/aromatic N) is 4. The van der Waals surface area contributed by atoms with Gasteiger partial charge < -0.3 is 9.80 Å². The second-order valence-electron chi connectivity index (χ2n) is 8.74. The van der Waals surface area contributed by atoms with Crippen molar-refractivity contribution in [1.29, 1.82) is 0 Å². The van der Waals surface area contributed by atoms with Crippen LogP contribution in [0.1, 0.15) is 23.6 Å². The predicted molar refractivity (Wildman–Crippen MR) is 140 cm³/mol. The fourth-order valence-electron chi connectivity index (χ4n) is 4.41. The molecule has 2 aromatic rings. The highest BCUT2D eigenvalue weighted by Crippen LogP contribution is 2.31. The maximum Gasteiger partial charge on any atom is 0.270 e. The van der Waals surface area contributed by atoms with Gasteiger partial charge in [0.25, 0.3) is 17.5 Å². The molecule has 0 unspecified atom stereocenters. The van der Waals surface area contributed by atoms with Crippen LogP contribution in [-0.4, -0.2) is 58.8 Å². The highest BCUT2D eigenvalue weighted by molar-refractivity contribution is 7.80. The average Bonchev–Trinajstić information content (AvgIpc) is 2.83. The summed E-state index contributed by atoms with van der Waals surface area (Å²) in [7, 11) is 0. The maximum atomic E-state index is 13.5. The Morgan fingerprint density at radius 2 is 1.72 bits per heavy atom. The minimum absolute atomic E-state index is 0.0207. The Hall–Kier alpha value is -4.12. The molecule has 2 aliphatic rings. The molecule has 2 aromatic carbocycles. The van der Waals surface area contributed by atoms with Crippen molar-refractivity contribution in [2.24, 2.45) is 0 Å². The van der Waals surface area contributed by atoms with E-state index in [-0.39, 0.29) is 22.3 Å². The van der Waals surface area contributed by atoms with Gasteiger partial charge in [0, 0.05) is 56.5 Å². The lowest BCUT2D eigenvalue weighted by Crippen LogP contribution is -2.54. The Labute approximate surface area is 213 Å². The molecule has 2 saturated heterocycles. The molecule has 186 valence electrons. The summed E-state index contributed by atoms with van der Waals surface area (Å²) >= 11 is 5.30. The van der Waals surface area contributed by atoms with Crippen LogP contribution in [0.25, 0.3) is 6.08 Å². The van der Waals surface area contributed by atoms with Gasteiger partial charge >= 0.3 is 0 Å². The molecule has 4 rings (SSSR count). The second kappa shape index (κ2) is 9.86.